The lowest BCUT2D eigenvalue weighted by molar-refractivity contribution is -0.143. The van der Waals surface area contributed by atoms with E-state index < -0.39 is 11.9 Å². The molecule has 0 aliphatic heterocycles. The van der Waals surface area contributed by atoms with E-state index in [0.717, 1.165) is 6.26 Å². The van der Waals surface area contributed by atoms with E-state index in [9.17, 15) is 13.2 Å². The van der Waals surface area contributed by atoms with Gasteiger partial charge in [-0.15, -0.1) is 0 Å². The Labute approximate surface area is 65.4 Å². The lowest BCUT2D eigenvalue weighted by atomic mass is 10.2. The average molecular weight is 176 g/mol. The van der Waals surface area contributed by atoms with Gasteiger partial charge in [0.15, 0.2) is 5.69 Å². The number of hydrogen-bond donors (Lipinski definition) is 0. The van der Waals surface area contributed by atoms with Gasteiger partial charge < -0.3 is 4.52 Å². The largest absolute Gasteiger partial charge is 0.437 e. The summed E-state index contributed by atoms with van der Waals surface area (Å²) >= 11 is 0. The zero-order valence-electron chi connectivity index (χ0n) is 5.72. The predicted molar refractivity (Wildman–Crippen MR) is 30.8 cm³/mol. The van der Waals surface area contributed by atoms with E-state index >= 15 is 0 Å². The first-order valence-electron chi connectivity index (χ1n) is 2.93. The van der Waals surface area contributed by atoms with Crippen LogP contribution in [0.25, 0.3) is 0 Å². The third-order valence-corrected chi connectivity index (χ3v) is 1.18. The van der Waals surface area contributed by atoms with Crippen LogP contribution in [0.2, 0.25) is 0 Å². The Morgan fingerprint density at radius 3 is 2.75 bits per heavy atom. The molecular weight excluding hydrogens is 173 g/mol. The van der Waals surface area contributed by atoms with E-state index in [1.54, 1.807) is 6.07 Å². The van der Waals surface area contributed by atoms with Gasteiger partial charge in [-0.25, -0.2) is 0 Å². The minimum absolute atomic E-state index is 0.231. The van der Waals surface area contributed by atoms with Gasteiger partial charge in [0.1, 0.15) is 6.26 Å². The summed E-state index contributed by atoms with van der Waals surface area (Å²) < 4.78 is 40.0. The van der Waals surface area contributed by atoms with Crippen LogP contribution in [0, 0.1) is 11.3 Å². The van der Waals surface area contributed by atoms with Crippen LogP contribution in [0.1, 0.15) is 11.3 Å². The Hall–Kier alpha value is -1.51. The molecular formula is C6H3F3N2O. The molecule has 0 atom stereocenters. The Bertz CT molecular complexity index is 309. The number of nitrogens with zero attached hydrogens (tertiary/aromatic N) is 2. The summed E-state index contributed by atoms with van der Waals surface area (Å²) in [6, 6.07) is 1.58. The van der Waals surface area contributed by atoms with E-state index in [4.69, 9.17) is 5.26 Å². The number of aromatic nitrogens is 1. The summed E-state index contributed by atoms with van der Waals surface area (Å²) in [5.41, 5.74) is -1.35. The summed E-state index contributed by atoms with van der Waals surface area (Å²) in [7, 11) is 0. The quantitative estimate of drug-likeness (QED) is 0.654. The molecule has 1 aromatic rings. The number of halogens is 3. The van der Waals surface area contributed by atoms with Gasteiger partial charge in [0.05, 0.1) is 12.5 Å². The molecule has 0 N–H and O–H groups in total. The smallest absolute Gasteiger partial charge is 0.364 e. The van der Waals surface area contributed by atoms with Crippen LogP contribution >= 0.6 is 0 Å². The summed E-state index contributed by atoms with van der Waals surface area (Å²) in [4.78, 5) is 0. The average Bonchev–Trinajstić information content (AvgIpc) is 2.34. The molecule has 0 aromatic carbocycles. The fourth-order valence-electron chi connectivity index (χ4n) is 0.701. The van der Waals surface area contributed by atoms with Crippen LogP contribution in [-0.2, 0) is 12.6 Å². The van der Waals surface area contributed by atoms with Crippen molar-refractivity contribution in [3.63, 3.8) is 0 Å². The first kappa shape index (κ1) is 8.59. The van der Waals surface area contributed by atoms with Crippen molar-refractivity contribution in [2.24, 2.45) is 0 Å². The molecule has 1 heterocycles. The summed E-state index contributed by atoms with van der Waals surface area (Å²) in [6.45, 7) is 0. The Kier molecular flexibility index (Phi) is 2.04. The second-order valence-corrected chi connectivity index (χ2v) is 2.02. The lowest BCUT2D eigenvalue weighted by Gasteiger charge is -2.01. The van der Waals surface area contributed by atoms with Gasteiger partial charge in [-0.3, -0.25) is 0 Å². The maximum absolute atomic E-state index is 12.0. The molecule has 0 spiro atoms. The van der Waals surface area contributed by atoms with Crippen LogP contribution in [0.3, 0.4) is 0 Å². The Balaban J connectivity index is 3.01. The molecule has 0 unspecified atom stereocenters. The Morgan fingerprint density at radius 2 is 2.25 bits per heavy atom. The molecule has 12 heavy (non-hydrogen) atoms. The number of nitriles is 1. The maximum Gasteiger partial charge on any atom is 0.437 e. The van der Waals surface area contributed by atoms with Crippen molar-refractivity contribution in [1.82, 2.24) is 5.16 Å². The third-order valence-electron chi connectivity index (χ3n) is 1.18. The fraction of sp³-hybridized carbons (Fsp3) is 0.333. The van der Waals surface area contributed by atoms with Crippen LogP contribution in [0.4, 0.5) is 13.2 Å². The number of alkyl halides is 3. The topological polar surface area (TPSA) is 49.8 Å². The molecule has 64 valence electrons. The van der Waals surface area contributed by atoms with Gasteiger partial charge in [0, 0.05) is 5.56 Å². The van der Waals surface area contributed by atoms with Crippen molar-refractivity contribution in [2.75, 3.05) is 0 Å². The monoisotopic (exact) mass is 176 g/mol. The normalized spacial score (nSPS) is 11.2. The van der Waals surface area contributed by atoms with Gasteiger partial charge in [0.25, 0.3) is 0 Å². The molecule has 0 aliphatic carbocycles. The van der Waals surface area contributed by atoms with Gasteiger partial charge in [0.2, 0.25) is 0 Å². The summed E-state index contributed by atoms with van der Waals surface area (Å²) in [5.74, 6) is 0. The van der Waals surface area contributed by atoms with Crippen molar-refractivity contribution in [3.8, 4) is 6.07 Å². The highest BCUT2D eigenvalue weighted by Gasteiger charge is 2.37. The summed E-state index contributed by atoms with van der Waals surface area (Å²) in [6.07, 6.45) is -4.07. The molecule has 0 fully saturated rings. The zero-order chi connectivity index (χ0) is 9.19. The van der Waals surface area contributed by atoms with Crippen molar-refractivity contribution < 1.29 is 17.7 Å². The molecule has 0 amide bonds. The van der Waals surface area contributed by atoms with Gasteiger partial charge in [-0.2, -0.15) is 18.4 Å². The second-order valence-electron chi connectivity index (χ2n) is 2.02. The summed E-state index contributed by atoms with van der Waals surface area (Å²) in [5, 5.41) is 10.9. The lowest BCUT2D eigenvalue weighted by Crippen LogP contribution is -2.08. The van der Waals surface area contributed by atoms with Crippen molar-refractivity contribution in [2.45, 2.75) is 12.6 Å². The Morgan fingerprint density at radius 1 is 1.58 bits per heavy atom. The van der Waals surface area contributed by atoms with Crippen molar-refractivity contribution in [1.29, 1.82) is 5.26 Å². The van der Waals surface area contributed by atoms with Crippen molar-refractivity contribution >= 4 is 0 Å². The van der Waals surface area contributed by atoms with Crippen LogP contribution < -0.4 is 0 Å². The molecule has 3 nitrogen and oxygen atoms in total. The van der Waals surface area contributed by atoms with Crippen LogP contribution in [0.15, 0.2) is 10.8 Å². The highest BCUT2D eigenvalue weighted by molar-refractivity contribution is 5.20. The molecule has 6 heteroatoms. The van der Waals surface area contributed by atoms with Crippen molar-refractivity contribution in [3.05, 3.63) is 17.5 Å². The molecule has 0 saturated carbocycles. The van der Waals surface area contributed by atoms with Gasteiger partial charge in [-0.1, -0.05) is 5.16 Å². The molecule has 0 radical (unpaired) electrons. The maximum atomic E-state index is 12.0. The van der Waals surface area contributed by atoms with E-state index in [2.05, 4.69) is 9.68 Å². The predicted octanol–water partition coefficient (Wildman–Crippen LogP) is 1.76. The van der Waals surface area contributed by atoms with Crippen LogP contribution in [0.5, 0.6) is 0 Å². The van der Waals surface area contributed by atoms with E-state index in [1.807, 2.05) is 0 Å². The third kappa shape index (κ3) is 1.56. The SMILES string of the molecule is N#CCc1conc1C(F)(F)F. The number of hydrogen-bond acceptors (Lipinski definition) is 3. The molecule has 0 saturated heterocycles. The zero-order valence-corrected chi connectivity index (χ0v) is 5.72. The van der Waals surface area contributed by atoms with Gasteiger partial charge in [-0.05, 0) is 0 Å². The molecule has 0 aliphatic rings. The minimum atomic E-state index is -4.54. The molecule has 1 aromatic heterocycles. The van der Waals surface area contributed by atoms with Gasteiger partial charge >= 0.3 is 6.18 Å². The minimum Gasteiger partial charge on any atom is -0.364 e. The van der Waals surface area contributed by atoms with E-state index in [1.165, 1.54) is 0 Å². The number of rotatable bonds is 1. The fourth-order valence-corrected chi connectivity index (χ4v) is 0.701. The molecule has 1 rings (SSSR count). The first-order chi connectivity index (χ1) is 5.55. The molecule has 0 bridgehead atoms. The highest BCUT2D eigenvalue weighted by Crippen LogP contribution is 2.30. The first-order valence-corrected chi connectivity index (χ1v) is 2.93. The highest BCUT2D eigenvalue weighted by atomic mass is 19.4. The standard InChI is InChI=1S/C6H3F3N2O/c7-6(8,9)5-4(1-2-10)3-12-11-5/h3H,1H2. The van der Waals surface area contributed by atoms with Crippen LogP contribution in [-0.4, -0.2) is 5.16 Å². The van der Waals surface area contributed by atoms with E-state index in [-0.39, 0.29) is 12.0 Å². The second kappa shape index (κ2) is 2.85. The van der Waals surface area contributed by atoms with E-state index in [0.29, 0.717) is 0 Å².